The van der Waals surface area contributed by atoms with Gasteiger partial charge in [0.1, 0.15) is 11.5 Å². The second-order valence-electron chi connectivity index (χ2n) is 10.6. The summed E-state index contributed by atoms with van der Waals surface area (Å²) in [6.45, 7) is 5.85. The number of nitrogens with one attached hydrogen (secondary N) is 1. The number of benzene rings is 3. The largest absolute Gasteiger partial charge is 0.457 e. The number of thiocarbonyl (C=S) groups is 1. The zero-order valence-corrected chi connectivity index (χ0v) is 24.6. The van der Waals surface area contributed by atoms with Gasteiger partial charge in [-0.25, -0.2) is 0 Å². The van der Waals surface area contributed by atoms with Gasteiger partial charge in [-0.15, -0.1) is 0 Å². The highest BCUT2D eigenvalue weighted by Gasteiger charge is 2.42. The van der Waals surface area contributed by atoms with Crippen LogP contribution in [0.1, 0.15) is 45.9 Å². The average molecular weight is 599 g/mol. The molecular formula is C34H29F3N4OS. The Morgan fingerprint density at radius 3 is 2.16 bits per heavy atom. The summed E-state index contributed by atoms with van der Waals surface area (Å²) in [6.07, 6.45) is -2.70. The van der Waals surface area contributed by atoms with Crippen LogP contribution in [0.25, 0.3) is 5.69 Å². The molecule has 0 unspecified atom stereocenters. The van der Waals surface area contributed by atoms with Gasteiger partial charge in [0.15, 0.2) is 5.11 Å². The van der Waals surface area contributed by atoms with E-state index in [1.807, 2.05) is 103 Å². The summed E-state index contributed by atoms with van der Waals surface area (Å²) in [6, 6.07) is 28.1. The van der Waals surface area contributed by atoms with Crippen LogP contribution in [0.2, 0.25) is 0 Å². The number of alkyl halides is 3. The third kappa shape index (κ3) is 5.60. The third-order valence-corrected chi connectivity index (χ3v) is 8.00. The molecule has 1 saturated heterocycles. The molecule has 5 nitrogen and oxygen atoms in total. The van der Waals surface area contributed by atoms with Crippen molar-refractivity contribution in [2.24, 2.45) is 0 Å². The van der Waals surface area contributed by atoms with Crippen LogP contribution in [0.15, 0.2) is 103 Å². The van der Waals surface area contributed by atoms with Crippen molar-refractivity contribution in [3.05, 3.63) is 137 Å². The summed E-state index contributed by atoms with van der Waals surface area (Å²) in [5.74, 6) is 1.43. The molecule has 0 bridgehead atoms. The van der Waals surface area contributed by atoms with Crippen molar-refractivity contribution in [2.45, 2.75) is 39.0 Å². The summed E-state index contributed by atoms with van der Waals surface area (Å²) >= 11 is 5.88. The van der Waals surface area contributed by atoms with Crippen molar-refractivity contribution in [3.63, 3.8) is 0 Å². The van der Waals surface area contributed by atoms with Gasteiger partial charge in [0.2, 0.25) is 0 Å². The minimum absolute atomic E-state index is 0.298. The topological polar surface area (TPSA) is 42.3 Å². The molecule has 2 aromatic heterocycles. The standard InChI is InChI=1S/C34H29F3N4OS/c1-21-10-14-27(15-11-21)42-28-16-12-25(13-17-28)41-32(31(39-33(41)43)30-9-4-5-18-38-30)29-19-22(2)40(23(29)3)26-8-6-7-24(20-26)34(35,36)37/h4-20,31-32H,1-3H3,(H,39,43)/t31-,32+/m1/s1. The van der Waals surface area contributed by atoms with Crippen LogP contribution >= 0.6 is 12.2 Å². The fraction of sp³-hybridized carbons (Fsp3) is 0.176. The number of halogens is 3. The molecule has 0 radical (unpaired) electrons. The molecule has 3 heterocycles. The summed E-state index contributed by atoms with van der Waals surface area (Å²) in [4.78, 5) is 6.67. The van der Waals surface area contributed by atoms with Gasteiger partial charge in [-0.1, -0.05) is 29.8 Å². The highest BCUT2D eigenvalue weighted by molar-refractivity contribution is 7.80. The number of hydrogen-bond donors (Lipinski definition) is 1. The average Bonchev–Trinajstić information content (AvgIpc) is 3.49. The van der Waals surface area contributed by atoms with Crippen LogP contribution in [0.5, 0.6) is 11.5 Å². The number of hydrogen-bond acceptors (Lipinski definition) is 3. The molecule has 0 spiro atoms. The highest BCUT2D eigenvalue weighted by Crippen LogP contribution is 2.44. The summed E-state index contributed by atoms with van der Waals surface area (Å²) in [5, 5.41) is 3.98. The molecule has 1 fully saturated rings. The highest BCUT2D eigenvalue weighted by atomic mass is 32.1. The first-order valence-corrected chi connectivity index (χ1v) is 14.2. The molecular weight excluding hydrogens is 569 g/mol. The van der Waals surface area contributed by atoms with Crippen molar-refractivity contribution in [1.82, 2.24) is 14.9 Å². The minimum Gasteiger partial charge on any atom is -0.457 e. The SMILES string of the molecule is Cc1ccc(Oc2ccc(N3C(=S)N[C@H](c4ccccn4)[C@@H]3c3cc(C)n(-c4cccc(C(F)(F)F)c4)c3C)cc2)cc1. The number of nitrogens with zero attached hydrogens (tertiary/aromatic N) is 3. The lowest BCUT2D eigenvalue weighted by atomic mass is 9.96. The van der Waals surface area contributed by atoms with E-state index in [-0.39, 0.29) is 12.1 Å². The Labute approximate surface area is 253 Å². The molecule has 0 aliphatic carbocycles. The maximum absolute atomic E-state index is 13.6. The molecule has 6 rings (SSSR count). The van der Waals surface area contributed by atoms with Crippen molar-refractivity contribution in [1.29, 1.82) is 0 Å². The Balaban J connectivity index is 1.41. The molecule has 3 aromatic carbocycles. The van der Waals surface area contributed by atoms with Crippen molar-refractivity contribution >= 4 is 23.0 Å². The maximum Gasteiger partial charge on any atom is 0.416 e. The Kier molecular flexibility index (Phi) is 7.43. The zero-order chi connectivity index (χ0) is 30.3. The molecule has 1 aliphatic heterocycles. The molecule has 43 heavy (non-hydrogen) atoms. The first-order valence-electron chi connectivity index (χ1n) is 13.8. The van der Waals surface area contributed by atoms with E-state index < -0.39 is 11.7 Å². The first kappa shape index (κ1) is 28.5. The number of anilines is 1. The molecule has 5 aromatic rings. The van der Waals surface area contributed by atoms with E-state index in [0.717, 1.165) is 45.7 Å². The van der Waals surface area contributed by atoms with E-state index in [1.54, 1.807) is 12.3 Å². The van der Waals surface area contributed by atoms with Crippen LogP contribution in [-0.2, 0) is 6.18 Å². The third-order valence-electron chi connectivity index (χ3n) is 7.69. The van der Waals surface area contributed by atoms with Gasteiger partial charge in [0.25, 0.3) is 0 Å². The van der Waals surface area contributed by atoms with E-state index in [2.05, 4.69) is 10.3 Å². The van der Waals surface area contributed by atoms with E-state index in [4.69, 9.17) is 17.0 Å². The fourth-order valence-electron chi connectivity index (χ4n) is 5.67. The molecule has 2 atom stereocenters. The number of pyridine rings is 1. The minimum atomic E-state index is -4.44. The molecule has 218 valence electrons. The van der Waals surface area contributed by atoms with Gasteiger partial charge in [-0.3, -0.25) is 4.98 Å². The van der Waals surface area contributed by atoms with Gasteiger partial charge in [0, 0.05) is 29.0 Å². The van der Waals surface area contributed by atoms with Gasteiger partial charge < -0.3 is 19.5 Å². The molecule has 0 amide bonds. The van der Waals surface area contributed by atoms with Gasteiger partial charge in [-0.2, -0.15) is 13.2 Å². The number of ether oxygens (including phenoxy) is 1. The number of rotatable bonds is 6. The second kappa shape index (κ2) is 11.2. The smallest absolute Gasteiger partial charge is 0.416 e. The van der Waals surface area contributed by atoms with Crippen LogP contribution in [0, 0.1) is 20.8 Å². The number of aryl methyl sites for hydroxylation is 2. The van der Waals surface area contributed by atoms with Crippen molar-refractivity contribution in [3.8, 4) is 17.2 Å². The summed E-state index contributed by atoms with van der Waals surface area (Å²) in [7, 11) is 0. The van der Waals surface area contributed by atoms with Gasteiger partial charge >= 0.3 is 6.18 Å². The van der Waals surface area contributed by atoms with Crippen LogP contribution in [0.4, 0.5) is 18.9 Å². The van der Waals surface area contributed by atoms with E-state index in [1.165, 1.54) is 12.1 Å². The lowest BCUT2D eigenvalue weighted by molar-refractivity contribution is -0.137. The fourth-order valence-corrected chi connectivity index (χ4v) is 6.02. The van der Waals surface area contributed by atoms with E-state index in [0.29, 0.717) is 16.5 Å². The van der Waals surface area contributed by atoms with Gasteiger partial charge in [-0.05, 0) is 111 Å². The Morgan fingerprint density at radius 1 is 0.814 bits per heavy atom. The summed E-state index contributed by atoms with van der Waals surface area (Å²) in [5.41, 5.74) is 5.12. The van der Waals surface area contributed by atoms with Crippen molar-refractivity contribution < 1.29 is 17.9 Å². The lowest BCUT2D eigenvalue weighted by Crippen LogP contribution is -2.29. The molecule has 9 heteroatoms. The Bertz CT molecular complexity index is 1770. The maximum atomic E-state index is 13.6. The summed E-state index contributed by atoms with van der Waals surface area (Å²) < 4.78 is 48.6. The molecule has 1 aliphatic rings. The monoisotopic (exact) mass is 598 g/mol. The van der Waals surface area contributed by atoms with Crippen molar-refractivity contribution in [2.75, 3.05) is 4.90 Å². The second-order valence-corrected chi connectivity index (χ2v) is 11.0. The van der Waals surface area contributed by atoms with Crippen LogP contribution in [-0.4, -0.2) is 14.7 Å². The Hall–Kier alpha value is -4.63. The molecule has 0 saturated carbocycles. The predicted molar refractivity (Wildman–Crippen MR) is 166 cm³/mol. The normalized spacial score (nSPS) is 16.8. The zero-order valence-electron chi connectivity index (χ0n) is 23.8. The van der Waals surface area contributed by atoms with Gasteiger partial charge in [0.05, 0.1) is 23.3 Å². The van der Waals surface area contributed by atoms with E-state index >= 15 is 0 Å². The number of aromatic nitrogens is 2. The Morgan fingerprint density at radius 2 is 1.51 bits per heavy atom. The quantitative estimate of drug-likeness (QED) is 0.198. The van der Waals surface area contributed by atoms with Crippen LogP contribution < -0.4 is 15.0 Å². The lowest BCUT2D eigenvalue weighted by Gasteiger charge is -2.28. The first-order chi connectivity index (χ1) is 20.6. The van der Waals surface area contributed by atoms with E-state index in [9.17, 15) is 13.2 Å². The molecule has 1 N–H and O–H groups in total. The predicted octanol–water partition coefficient (Wildman–Crippen LogP) is 8.79. The van der Waals surface area contributed by atoms with Crippen LogP contribution in [0.3, 0.4) is 0 Å².